The first-order valence-electron chi connectivity index (χ1n) is 7.73. The molecule has 1 aliphatic rings. The van der Waals surface area contributed by atoms with Crippen molar-refractivity contribution >= 4 is 21.6 Å². The second kappa shape index (κ2) is 6.30. The summed E-state index contributed by atoms with van der Waals surface area (Å²) in [6.07, 6.45) is 0.507. The van der Waals surface area contributed by atoms with Gasteiger partial charge < -0.3 is 0 Å². The Hall–Kier alpha value is -2.31. The molecule has 0 bridgehead atoms. The van der Waals surface area contributed by atoms with Gasteiger partial charge in [0, 0.05) is 17.7 Å². The van der Waals surface area contributed by atoms with Crippen LogP contribution in [0, 0.1) is 0 Å². The summed E-state index contributed by atoms with van der Waals surface area (Å²) in [5.41, 5.74) is 0.408. The average Bonchev–Trinajstić information content (AvgIpc) is 2.60. The molecule has 124 valence electrons. The Morgan fingerprint density at radius 1 is 1.04 bits per heavy atom. The summed E-state index contributed by atoms with van der Waals surface area (Å²) in [7, 11) is -3.89. The van der Waals surface area contributed by atoms with Crippen LogP contribution >= 0.6 is 0 Å². The molecule has 0 saturated carbocycles. The van der Waals surface area contributed by atoms with Crippen molar-refractivity contribution in [3.63, 3.8) is 0 Å². The Morgan fingerprint density at radius 2 is 1.67 bits per heavy atom. The molecule has 1 heterocycles. The molecule has 0 spiro atoms. The molecule has 0 N–H and O–H groups in total. The fourth-order valence-corrected chi connectivity index (χ4v) is 4.76. The van der Waals surface area contributed by atoms with Gasteiger partial charge in [-0.1, -0.05) is 49.4 Å². The second-order valence-corrected chi connectivity index (χ2v) is 7.47. The number of hydrogen-bond acceptors (Lipinski definition) is 4. The van der Waals surface area contributed by atoms with E-state index < -0.39 is 27.6 Å². The third kappa shape index (κ3) is 2.57. The van der Waals surface area contributed by atoms with Crippen LogP contribution in [0.5, 0.6) is 0 Å². The number of sulfonamides is 1. The number of Topliss-reactive ketones (excluding diaryl/α,β-unsaturated/α-hetero) is 2. The monoisotopic (exact) mass is 343 g/mol. The van der Waals surface area contributed by atoms with E-state index in [0.717, 1.165) is 4.31 Å². The standard InChI is InChI=1S/C18H17NO4S/c1-2-12-19-16(17(20)13-8-4-3-5-9-13)18(21)14-10-6-7-11-15(14)24(19,22)23/h3-11,16H,2,12H2,1H3/t16-/m1/s1. The quantitative estimate of drug-likeness (QED) is 0.632. The van der Waals surface area contributed by atoms with Crippen LogP contribution in [0.1, 0.15) is 34.1 Å². The van der Waals surface area contributed by atoms with Gasteiger partial charge in [0.15, 0.2) is 17.6 Å². The molecular weight excluding hydrogens is 326 g/mol. The Labute approximate surface area is 141 Å². The smallest absolute Gasteiger partial charge is 0.244 e. The number of benzene rings is 2. The summed E-state index contributed by atoms with van der Waals surface area (Å²) in [6, 6.07) is 13.0. The van der Waals surface area contributed by atoms with Crippen LogP contribution < -0.4 is 0 Å². The maximum Gasteiger partial charge on any atom is 0.244 e. The normalized spacial score (nSPS) is 19.7. The Bertz CT molecular complexity index is 890. The molecule has 0 fully saturated rings. The van der Waals surface area contributed by atoms with Crippen LogP contribution in [-0.4, -0.2) is 36.9 Å². The number of carbonyl (C=O) groups is 2. The lowest BCUT2D eigenvalue weighted by molar-refractivity contribution is 0.0768. The van der Waals surface area contributed by atoms with Crippen LogP contribution in [0.25, 0.3) is 0 Å². The molecule has 0 radical (unpaired) electrons. The minimum atomic E-state index is -3.89. The highest BCUT2D eigenvalue weighted by Gasteiger charge is 2.46. The summed E-state index contributed by atoms with van der Waals surface area (Å²) < 4.78 is 26.8. The second-order valence-electron chi connectivity index (χ2n) is 5.61. The van der Waals surface area contributed by atoms with E-state index in [2.05, 4.69) is 0 Å². The van der Waals surface area contributed by atoms with Gasteiger partial charge >= 0.3 is 0 Å². The summed E-state index contributed by atoms with van der Waals surface area (Å²) in [4.78, 5) is 25.7. The summed E-state index contributed by atoms with van der Waals surface area (Å²) >= 11 is 0. The van der Waals surface area contributed by atoms with Crippen molar-refractivity contribution in [2.24, 2.45) is 0 Å². The number of ketones is 2. The largest absolute Gasteiger partial charge is 0.292 e. The van der Waals surface area contributed by atoms with E-state index in [1.807, 2.05) is 6.92 Å². The fraction of sp³-hybridized carbons (Fsp3) is 0.222. The molecule has 6 heteroatoms. The molecule has 2 aromatic carbocycles. The molecule has 1 aliphatic heterocycles. The van der Waals surface area contributed by atoms with Crippen molar-refractivity contribution in [3.05, 3.63) is 65.7 Å². The van der Waals surface area contributed by atoms with Crippen molar-refractivity contribution in [2.45, 2.75) is 24.3 Å². The maximum atomic E-state index is 12.9. The van der Waals surface area contributed by atoms with E-state index in [1.165, 1.54) is 12.1 Å². The summed E-state index contributed by atoms with van der Waals surface area (Å²) in [5, 5.41) is 0. The minimum absolute atomic E-state index is 0.0273. The summed E-state index contributed by atoms with van der Waals surface area (Å²) in [6.45, 7) is 1.93. The Kier molecular flexibility index (Phi) is 4.34. The topological polar surface area (TPSA) is 71.5 Å². The van der Waals surface area contributed by atoms with E-state index >= 15 is 0 Å². The molecule has 0 saturated heterocycles. The van der Waals surface area contributed by atoms with Crippen LogP contribution in [-0.2, 0) is 10.0 Å². The molecule has 3 rings (SSSR count). The van der Waals surface area contributed by atoms with E-state index in [9.17, 15) is 18.0 Å². The predicted octanol–water partition coefficient (Wildman–Crippen LogP) is 2.54. The number of rotatable bonds is 4. The Balaban J connectivity index is 2.17. The zero-order chi connectivity index (χ0) is 17.3. The van der Waals surface area contributed by atoms with Crippen LogP contribution in [0.3, 0.4) is 0 Å². The van der Waals surface area contributed by atoms with Crippen molar-refractivity contribution < 1.29 is 18.0 Å². The molecular formula is C18H17NO4S. The van der Waals surface area contributed by atoms with Crippen LogP contribution in [0.2, 0.25) is 0 Å². The fourth-order valence-electron chi connectivity index (χ4n) is 2.92. The molecule has 24 heavy (non-hydrogen) atoms. The Morgan fingerprint density at radius 3 is 2.33 bits per heavy atom. The first-order valence-corrected chi connectivity index (χ1v) is 9.17. The van der Waals surface area contributed by atoms with Gasteiger partial charge in [-0.05, 0) is 18.6 Å². The highest BCUT2D eigenvalue weighted by atomic mass is 32.2. The lowest BCUT2D eigenvalue weighted by atomic mass is 9.96. The third-order valence-corrected chi connectivity index (χ3v) is 5.95. The average molecular weight is 343 g/mol. The zero-order valence-corrected chi connectivity index (χ0v) is 14.0. The highest BCUT2D eigenvalue weighted by molar-refractivity contribution is 7.89. The number of fused-ring (bicyclic) bond motifs is 1. The van der Waals surface area contributed by atoms with Crippen LogP contribution in [0.4, 0.5) is 0 Å². The van der Waals surface area contributed by atoms with E-state index in [1.54, 1.807) is 42.5 Å². The molecule has 5 nitrogen and oxygen atoms in total. The van der Waals surface area contributed by atoms with Gasteiger partial charge in [0.2, 0.25) is 10.0 Å². The van der Waals surface area contributed by atoms with Crippen LogP contribution in [0.15, 0.2) is 59.5 Å². The number of nitrogens with zero attached hydrogens (tertiary/aromatic N) is 1. The van der Waals surface area contributed by atoms with Gasteiger partial charge in [0.05, 0.1) is 4.90 Å². The van der Waals surface area contributed by atoms with E-state index in [-0.39, 0.29) is 17.0 Å². The van der Waals surface area contributed by atoms with E-state index in [0.29, 0.717) is 12.0 Å². The molecule has 2 aromatic rings. The first-order chi connectivity index (χ1) is 11.5. The predicted molar refractivity (Wildman–Crippen MR) is 89.5 cm³/mol. The maximum absolute atomic E-state index is 12.9. The molecule has 0 amide bonds. The van der Waals surface area contributed by atoms with Gasteiger partial charge in [0.1, 0.15) is 0 Å². The van der Waals surface area contributed by atoms with Gasteiger partial charge in [-0.15, -0.1) is 0 Å². The van der Waals surface area contributed by atoms with Crippen molar-refractivity contribution in [1.82, 2.24) is 4.31 Å². The molecule has 0 aliphatic carbocycles. The van der Waals surface area contributed by atoms with Gasteiger partial charge in [-0.2, -0.15) is 4.31 Å². The molecule has 0 unspecified atom stereocenters. The van der Waals surface area contributed by atoms with Crippen molar-refractivity contribution in [2.75, 3.05) is 6.54 Å². The lowest BCUT2D eigenvalue weighted by Crippen LogP contribution is -2.53. The van der Waals surface area contributed by atoms with Crippen molar-refractivity contribution in [1.29, 1.82) is 0 Å². The van der Waals surface area contributed by atoms with Crippen molar-refractivity contribution in [3.8, 4) is 0 Å². The third-order valence-electron chi connectivity index (χ3n) is 4.03. The molecule has 0 aromatic heterocycles. The zero-order valence-electron chi connectivity index (χ0n) is 13.2. The van der Waals surface area contributed by atoms with Gasteiger partial charge in [-0.3, -0.25) is 9.59 Å². The highest BCUT2D eigenvalue weighted by Crippen LogP contribution is 2.31. The SMILES string of the molecule is CCCN1[C@H](C(=O)c2ccccc2)C(=O)c2ccccc2S1(=O)=O. The van der Waals surface area contributed by atoms with Gasteiger partial charge in [0.25, 0.3) is 0 Å². The van der Waals surface area contributed by atoms with Gasteiger partial charge in [-0.25, -0.2) is 8.42 Å². The number of hydrogen-bond donors (Lipinski definition) is 0. The number of carbonyl (C=O) groups excluding carboxylic acids is 2. The molecule has 1 atom stereocenters. The van der Waals surface area contributed by atoms with E-state index in [4.69, 9.17) is 0 Å². The minimum Gasteiger partial charge on any atom is -0.292 e. The lowest BCUT2D eigenvalue weighted by Gasteiger charge is -2.33. The first kappa shape index (κ1) is 16.5. The summed E-state index contributed by atoms with van der Waals surface area (Å²) in [5.74, 6) is -0.963.